The van der Waals surface area contributed by atoms with Gasteiger partial charge in [0.05, 0.1) is 4.88 Å². The Bertz CT molecular complexity index is 832. The smallest absolute Gasteiger partial charge is 0.290 e. The maximum Gasteiger partial charge on any atom is 0.290 e. The van der Waals surface area contributed by atoms with Crippen LogP contribution >= 0.6 is 11.3 Å². The Kier molecular flexibility index (Phi) is 4.94. The molecule has 3 rings (SSSR count). The highest BCUT2D eigenvalue weighted by Crippen LogP contribution is 2.26. The summed E-state index contributed by atoms with van der Waals surface area (Å²) >= 11 is 1.58. The number of piperidine rings is 1. The molecule has 1 amide bonds. The number of aryl methyl sites for hydroxylation is 1. The van der Waals surface area contributed by atoms with Crippen molar-refractivity contribution in [2.75, 3.05) is 5.73 Å². The summed E-state index contributed by atoms with van der Waals surface area (Å²) in [5.74, 6) is -0.0757. The molecule has 0 saturated carbocycles. The third-order valence-electron chi connectivity index (χ3n) is 4.76. The second-order valence-corrected chi connectivity index (χ2v) is 8.08. The zero-order chi connectivity index (χ0) is 18.1. The van der Waals surface area contributed by atoms with E-state index in [0.29, 0.717) is 5.69 Å². The van der Waals surface area contributed by atoms with Crippen molar-refractivity contribution in [2.45, 2.75) is 58.7 Å². The van der Waals surface area contributed by atoms with Crippen LogP contribution in [0.1, 0.15) is 38.0 Å². The van der Waals surface area contributed by atoms with E-state index >= 15 is 0 Å². The Labute approximate surface area is 151 Å². The van der Waals surface area contributed by atoms with E-state index in [1.165, 1.54) is 4.68 Å². The molecule has 3 heterocycles. The van der Waals surface area contributed by atoms with Crippen LogP contribution in [0.15, 0.2) is 23.0 Å². The average Bonchev–Trinajstić information content (AvgIpc) is 2.98. The van der Waals surface area contributed by atoms with Crippen molar-refractivity contribution in [2.24, 2.45) is 0 Å². The first-order chi connectivity index (χ1) is 11.9. The van der Waals surface area contributed by atoms with Crippen molar-refractivity contribution in [1.29, 1.82) is 0 Å². The van der Waals surface area contributed by atoms with Crippen molar-refractivity contribution in [3.8, 4) is 10.6 Å². The van der Waals surface area contributed by atoms with Crippen LogP contribution in [-0.2, 0) is 11.3 Å². The van der Waals surface area contributed by atoms with Gasteiger partial charge in [0.15, 0.2) is 0 Å². The molecule has 0 spiro atoms. The lowest BCUT2D eigenvalue weighted by molar-refractivity contribution is -0.138. The molecule has 2 aromatic rings. The molecule has 134 valence electrons. The molecule has 0 bridgehead atoms. The van der Waals surface area contributed by atoms with Gasteiger partial charge in [-0.25, -0.2) is 4.68 Å². The molecule has 1 saturated heterocycles. The van der Waals surface area contributed by atoms with Gasteiger partial charge in [-0.05, 0) is 58.2 Å². The quantitative estimate of drug-likeness (QED) is 0.912. The van der Waals surface area contributed by atoms with Crippen molar-refractivity contribution in [3.63, 3.8) is 0 Å². The van der Waals surface area contributed by atoms with E-state index in [2.05, 4.69) is 18.9 Å². The molecule has 1 aliphatic rings. The number of likely N-dealkylation sites (tertiary alicyclic amines) is 1. The van der Waals surface area contributed by atoms with E-state index in [0.717, 1.165) is 29.0 Å². The highest BCUT2D eigenvalue weighted by molar-refractivity contribution is 7.15. The standard InChI is InChI=1S/C18H24N4O2S/c1-11-5-4-6-12(2)22(11)17(23)10-21-18(24)14(19)9-15(20-21)16-8-7-13(3)25-16/h7-9,11-12H,4-6,10,19H2,1-3H3/t11-,12+. The molecule has 0 aromatic carbocycles. The van der Waals surface area contributed by atoms with Gasteiger partial charge in [0.2, 0.25) is 5.91 Å². The third kappa shape index (κ3) is 3.61. The third-order valence-corrected chi connectivity index (χ3v) is 5.78. The van der Waals surface area contributed by atoms with Crippen LogP contribution in [0.25, 0.3) is 10.6 Å². The van der Waals surface area contributed by atoms with Gasteiger partial charge in [-0.1, -0.05) is 0 Å². The van der Waals surface area contributed by atoms with Crippen LogP contribution in [-0.4, -0.2) is 32.7 Å². The molecule has 7 heteroatoms. The summed E-state index contributed by atoms with van der Waals surface area (Å²) in [6, 6.07) is 5.91. The number of nitrogen functional groups attached to an aromatic ring is 1. The fourth-order valence-corrected chi connectivity index (χ4v) is 4.31. The van der Waals surface area contributed by atoms with Crippen LogP contribution in [0.3, 0.4) is 0 Å². The first-order valence-electron chi connectivity index (χ1n) is 8.62. The number of thiophene rings is 1. The summed E-state index contributed by atoms with van der Waals surface area (Å²) in [6.45, 7) is 6.05. The molecule has 25 heavy (non-hydrogen) atoms. The largest absolute Gasteiger partial charge is 0.394 e. The predicted molar refractivity (Wildman–Crippen MR) is 101 cm³/mol. The van der Waals surface area contributed by atoms with Crippen molar-refractivity contribution in [3.05, 3.63) is 33.4 Å². The molecule has 2 aromatic heterocycles. The van der Waals surface area contributed by atoms with Gasteiger partial charge in [0, 0.05) is 17.0 Å². The molecule has 2 N–H and O–H groups in total. The monoisotopic (exact) mass is 360 g/mol. The zero-order valence-electron chi connectivity index (χ0n) is 14.9. The number of carbonyl (C=O) groups is 1. The summed E-state index contributed by atoms with van der Waals surface area (Å²) in [7, 11) is 0. The molecule has 6 nitrogen and oxygen atoms in total. The highest BCUT2D eigenvalue weighted by Gasteiger charge is 2.29. The van der Waals surface area contributed by atoms with Gasteiger partial charge < -0.3 is 10.6 Å². The number of carbonyl (C=O) groups excluding carboxylic acids is 1. The van der Waals surface area contributed by atoms with E-state index in [1.54, 1.807) is 17.4 Å². The first-order valence-corrected chi connectivity index (χ1v) is 9.44. The second-order valence-electron chi connectivity index (χ2n) is 6.79. The number of nitrogens with two attached hydrogens (primary N) is 1. The number of rotatable bonds is 3. The Morgan fingerprint density at radius 2 is 2.00 bits per heavy atom. The molecular formula is C18H24N4O2S. The number of aromatic nitrogens is 2. The summed E-state index contributed by atoms with van der Waals surface area (Å²) in [5, 5.41) is 4.39. The summed E-state index contributed by atoms with van der Waals surface area (Å²) in [5.41, 5.74) is 6.21. The minimum absolute atomic E-state index is 0.0735. The molecule has 0 radical (unpaired) electrons. The van der Waals surface area contributed by atoms with E-state index in [4.69, 9.17) is 5.73 Å². The maximum absolute atomic E-state index is 12.8. The van der Waals surface area contributed by atoms with Crippen LogP contribution in [0.2, 0.25) is 0 Å². The maximum atomic E-state index is 12.8. The van der Waals surface area contributed by atoms with Gasteiger partial charge in [0.25, 0.3) is 5.56 Å². The molecule has 2 atom stereocenters. The fourth-order valence-electron chi connectivity index (χ4n) is 3.48. The molecule has 0 unspecified atom stereocenters. The molecule has 1 fully saturated rings. The van der Waals surface area contributed by atoms with E-state index in [9.17, 15) is 9.59 Å². The Morgan fingerprint density at radius 1 is 1.32 bits per heavy atom. The number of hydrogen-bond donors (Lipinski definition) is 1. The topological polar surface area (TPSA) is 81.2 Å². The number of hydrogen-bond acceptors (Lipinski definition) is 5. The molecule has 0 aliphatic carbocycles. The van der Waals surface area contributed by atoms with Crippen molar-refractivity contribution in [1.82, 2.24) is 14.7 Å². The highest BCUT2D eigenvalue weighted by atomic mass is 32.1. The van der Waals surface area contributed by atoms with Gasteiger partial charge in [0.1, 0.15) is 17.9 Å². The first kappa shape index (κ1) is 17.7. The normalized spacial score (nSPS) is 20.7. The van der Waals surface area contributed by atoms with Gasteiger partial charge >= 0.3 is 0 Å². The van der Waals surface area contributed by atoms with Gasteiger partial charge in [-0.3, -0.25) is 9.59 Å². The van der Waals surface area contributed by atoms with Gasteiger partial charge in [-0.15, -0.1) is 11.3 Å². The minimum atomic E-state index is -0.414. The van der Waals surface area contributed by atoms with Crippen molar-refractivity contribution >= 4 is 22.9 Å². The number of anilines is 1. The van der Waals surface area contributed by atoms with Crippen molar-refractivity contribution < 1.29 is 4.79 Å². The summed E-state index contributed by atoms with van der Waals surface area (Å²) < 4.78 is 1.20. The average molecular weight is 360 g/mol. The van der Waals surface area contributed by atoms with Crippen LogP contribution in [0.5, 0.6) is 0 Å². The van der Waals surface area contributed by atoms with Gasteiger partial charge in [-0.2, -0.15) is 5.10 Å². The number of amides is 1. The van der Waals surface area contributed by atoms with E-state index in [-0.39, 0.29) is 30.2 Å². The lowest BCUT2D eigenvalue weighted by atomic mass is 9.97. The molecular weight excluding hydrogens is 336 g/mol. The predicted octanol–water partition coefficient (Wildman–Crippen LogP) is 2.65. The van der Waals surface area contributed by atoms with E-state index in [1.807, 2.05) is 24.0 Å². The lowest BCUT2D eigenvalue weighted by Crippen LogP contribution is -2.49. The Morgan fingerprint density at radius 3 is 2.60 bits per heavy atom. The SMILES string of the molecule is Cc1ccc(-c2cc(N)c(=O)n(CC(=O)N3[C@H](C)CCC[C@@H]3C)n2)s1. The van der Waals surface area contributed by atoms with Crippen LogP contribution in [0.4, 0.5) is 5.69 Å². The fraction of sp³-hybridized carbons (Fsp3) is 0.500. The zero-order valence-corrected chi connectivity index (χ0v) is 15.7. The Hall–Kier alpha value is -2.15. The van der Waals surface area contributed by atoms with E-state index < -0.39 is 5.56 Å². The number of nitrogens with zero attached hydrogens (tertiary/aromatic N) is 3. The summed E-state index contributed by atoms with van der Waals surface area (Å²) in [6.07, 6.45) is 3.12. The van der Waals surface area contributed by atoms with Crippen LogP contribution < -0.4 is 11.3 Å². The Balaban J connectivity index is 1.90. The van der Waals surface area contributed by atoms with Crippen LogP contribution in [0, 0.1) is 6.92 Å². The lowest BCUT2D eigenvalue weighted by Gasteiger charge is -2.39. The summed E-state index contributed by atoms with van der Waals surface area (Å²) in [4.78, 5) is 29.1. The molecule has 1 aliphatic heterocycles. The minimum Gasteiger partial charge on any atom is -0.394 e. The second kappa shape index (κ2) is 7.00.